The van der Waals surface area contributed by atoms with Crippen LogP contribution in [0, 0.1) is 17.8 Å². The minimum atomic E-state index is -2.47. The maximum absolute atomic E-state index is 14.1. The molecule has 2 saturated carbocycles. The van der Waals surface area contributed by atoms with E-state index in [0.29, 0.717) is 5.57 Å². The highest BCUT2D eigenvalue weighted by Crippen LogP contribution is 2.73. The van der Waals surface area contributed by atoms with Crippen LogP contribution in [0.3, 0.4) is 0 Å². The number of Topliss-reactive ketones (excluding diaryl/α,β-unsaturated/α-hetero) is 1. The Labute approximate surface area is 291 Å². The van der Waals surface area contributed by atoms with Crippen LogP contribution in [0.25, 0.3) is 0 Å². The number of rotatable bonds is 11. The number of ether oxygens (including phenoxy) is 6. The first-order valence-electron chi connectivity index (χ1n) is 17.5. The SMILES string of the molecule is C=C(C)[C@@]12OC3(/C=C/C=C/CCCCC)O[C@@H]1[C@@H]1[C@@H]4O[C@]4(COC(=O)c4ccccc4)[C@@H](O)[C@]4(O)C(=O)C(C)=C[C@H]4[C@@]1(O3)[C@H](C)[C@H]2OC(C)=O. The lowest BCUT2D eigenvalue weighted by Gasteiger charge is -2.61. The number of carbonyl (C=O) groups excluding carboxylic acids is 3. The summed E-state index contributed by atoms with van der Waals surface area (Å²) in [6, 6.07) is 8.36. The van der Waals surface area contributed by atoms with Gasteiger partial charge in [0.1, 0.15) is 31.0 Å². The van der Waals surface area contributed by atoms with E-state index in [9.17, 15) is 24.6 Å². The number of fused-ring (bicyclic) bond motifs is 3. The molecule has 11 heteroatoms. The van der Waals surface area contributed by atoms with E-state index in [1.807, 2.05) is 19.1 Å². The van der Waals surface area contributed by atoms with Crippen molar-refractivity contribution in [1.82, 2.24) is 0 Å². The summed E-state index contributed by atoms with van der Waals surface area (Å²) in [4.78, 5) is 40.0. The van der Waals surface area contributed by atoms with Crippen LogP contribution in [0.1, 0.15) is 70.7 Å². The number of hydrogen-bond donors (Lipinski definition) is 2. The van der Waals surface area contributed by atoms with Gasteiger partial charge in [-0.1, -0.05) is 75.8 Å². The Balaban J connectivity index is 1.37. The number of carbonyl (C=O) groups is 3. The molecule has 0 aromatic heterocycles. The van der Waals surface area contributed by atoms with Crippen molar-refractivity contribution in [2.45, 2.75) is 113 Å². The molecule has 3 aliphatic heterocycles. The Kier molecular flexibility index (Phi) is 8.44. The van der Waals surface area contributed by atoms with Gasteiger partial charge in [0.25, 0.3) is 0 Å². The highest BCUT2D eigenvalue weighted by atomic mass is 16.9. The number of aliphatic hydroxyl groups excluding tert-OH is 1. The normalized spacial score (nSPS) is 43.6. The molecule has 0 amide bonds. The van der Waals surface area contributed by atoms with Crippen molar-refractivity contribution < 1.29 is 53.0 Å². The predicted molar refractivity (Wildman–Crippen MR) is 178 cm³/mol. The van der Waals surface area contributed by atoms with Gasteiger partial charge in [0.15, 0.2) is 22.6 Å². The van der Waals surface area contributed by atoms with Crippen LogP contribution in [-0.2, 0) is 38.0 Å². The summed E-state index contributed by atoms with van der Waals surface area (Å²) in [5, 5.41) is 24.9. The fourth-order valence-electron chi connectivity index (χ4n) is 9.48. The summed E-state index contributed by atoms with van der Waals surface area (Å²) in [5.41, 5.74) is -6.20. The van der Waals surface area contributed by atoms with Gasteiger partial charge in [-0.3, -0.25) is 9.59 Å². The molecule has 1 aromatic carbocycles. The highest BCUT2D eigenvalue weighted by Gasteiger charge is 2.90. The molecule has 12 atom stereocenters. The first-order valence-corrected chi connectivity index (χ1v) is 17.5. The van der Waals surface area contributed by atoms with Crippen molar-refractivity contribution in [2.24, 2.45) is 17.8 Å². The van der Waals surface area contributed by atoms with Crippen LogP contribution in [0.2, 0.25) is 0 Å². The van der Waals surface area contributed by atoms with Gasteiger partial charge in [0.05, 0.1) is 11.2 Å². The minimum absolute atomic E-state index is 0.219. The topological polar surface area (TPSA) is 150 Å². The second kappa shape index (κ2) is 12.1. The quantitative estimate of drug-likeness (QED) is 0.113. The van der Waals surface area contributed by atoms with Crippen molar-refractivity contribution in [3.05, 3.63) is 84.0 Å². The van der Waals surface area contributed by atoms with Crippen LogP contribution in [0.5, 0.6) is 0 Å². The van der Waals surface area contributed by atoms with Gasteiger partial charge in [-0.15, -0.1) is 0 Å². The summed E-state index contributed by atoms with van der Waals surface area (Å²) >= 11 is 0. The van der Waals surface area contributed by atoms with Crippen molar-refractivity contribution >= 4 is 17.7 Å². The molecule has 0 spiro atoms. The second-order valence-corrected chi connectivity index (χ2v) is 14.7. The van der Waals surface area contributed by atoms with Crippen molar-refractivity contribution in [1.29, 1.82) is 0 Å². The number of aliphatic hydroxyl groups is 2. The van der Waals surface area contributed by atoms with Crippen LogP contribution in [-0.4, -0.2) is 87.3 Å². The zero-order valence-corrected chi connectivity index (χ0v) is 29.1. The summed E-state index contributed by atoms with van der Waals surface area (Å²) in [7, 11) is 0. The summed E-state index contributed by atoms with van der Waals surface area (Å²) in [5.74, 6) is -6.55. The molecule has 3 heterocycles. The lowest BCUT2D eigenvalue weighted by atomic mass is 9.53. The molecule has 0 radical (unpaired) electrons. The number of allylic oxidation sites excluding steroid dienone is 3. The number of benzene rings is 1. The number of ketones is 1. The van der Waals surface area contributed by atoms with Gasteiger partial charge >= 0.3 is 17.9 Å². The average Bonchev–Trinajstić information content (AvgIpc) is 3.70. The first kappa shape index (κ1) is 35.0. The smallest absolute Gasteiger partial charge is 0.338 e. The second-order valence-electron chi connectivity index (χ2n) is 14.7. The molecule has 2 N–H and O–H groups in total. The standard InChI is InChI=1S/C39H46O11/c1-7-8-9-10-11-12-16-19-36-48-32-28-31-35(47-31,21-45-33(42)26-17-14-13-15-18-26)34(43)37(44)27(20-23(4)29(37)41)39(28,50-36)24(5)30(46-25(6)40)38(32,49-36)22(2)3/h11-20,24,27-28,30-32,34,43-44H,2,7-10,21H2,1,3-6H3/b12-11+,19-16+/t24-,27-,28+,30-,31+,32-,34-,35+,36?,37-,38+,39+/m1/s1. The van der Waals surface area contributed by atoms with Crippen molar-refractivity contribution in [3.63, 3.8) is 0 Å². The summed E-state index contributed by atoms with van der Waals surface area (Å²) in [6.07, 6.45) is 8.34. The monoisotopic (exact) mass is 690 g/mol. The fourth-order valence-corrected chi connectivity index (χ4v) is 9.48. The molecule has 3 bridgehead atoms. The van der Waals surface area contributed by atoms with Gasteiger partial charge in [-0.25, -0.2) is 4.79 Å². The lowest BCUT2D eigenvalue weighted by molar-refractivity contribution is -0.407. The fraction of sp³-hybridized carbons (Fsp3) is 0.564. The molecule has 5 fully saturated rings. The lowest BCUT2D eigenvalue weighted by Crippen LogP contribution is -2.76. The molecule has 7 rings (SSSR count). The Morgan fingerprint density at radius 3 is 2.48 bits per heavy atom. The van der Waals surface area contributed by atoms with E-state index in [0.717, 1.165) is 25.7 Å². The molecule has 3 saturated heterocycles. The van der Waals surface area contributed by atoms with E-state index >= 15 is 0 Å². The van der Waals surface area contributed by atoms with Gasteiger partial charge < -0.3 is 38.6 Å². The Morgan fingerprint density at radius 1 is 1.06 bits per heavy atom. The Bertz CT molecular complexity index is 1680. The van der Waals surface area contributed by atoms with Gasteiger partial charge in [0.2, 0.25) is 0 Å². The molecule has 1 unspecified atom stereocenters. The zero-order chi connectivity index (χ0) is 35.9. The van der Waals surface area contributed by atoms with Crippen molar-refractivity contribution in [3.8, 4) is 0 Å². The predicted octanol–water partition coefficient (Wildman–Crippen LogP) is 4.28. The third-order valence-electron chi connectivity index (χ3n) is 11.8. The molecular weight excluding hydrogens is 644 g/mol. The molecule has 1 aromatic rings. The summed E-state index contributed by atoms with van der Waals surface area (Å²) < 4.78 is 38.9. The average molecular weight is 691 g/mol. The van der Waals surface area contributed by atoms with Gasteiger partial charge in [-0.05, 0) is 50.0 Å². The van der Waals surface area contributed by atoms with Crippen LogP contribution in [0.15, 0.2) is 78.4 Å². The molecular formula is C39H46O11. The molecule has 11 nitrogen and oxygen atoms in total. The first-order chi connectivity index (χ1) is 23.7. The molecule has 3 aliphatic carbocycles. The van der Waals surface area contributed by atoms with Gasteiger partial charge in [-0.2, -0.15) is 0 Å². The molecule has 6 aliphatic rings. The van der Waals surface area contributed by atoms with Crippen LogP contribution in [0.4, 0.5) is 0 Å². The van der Waals surface area contributed by atoms with Crippen molar-refractivity contribution in [2.75, 3.05) is 6.61 Å². The van der Waals surface area contributed by atoms with E-state index in [2.05, 4.69) is 13.5 Å². The Morgan fingerprint density at radius 2 is 1.80 bits per heavy atom. The number of unbranched alkanes of at least 4 members (excludes halogenated alkanes) is 3. The maximum Gasteiger partial charge on any atom is 0.338 e. The Hall–Kier alpha value is -3.45. The third-order valence-corrected chi connectivity index (χ3v) is 11.8. The van der Waals surface area contributed by atoms with Crippen LogP contribution >= 0.6 is 0 Å². The van der Waals surface area contributed by atoms with Gasteiger partial charge in [0, 0.05) is 30.8 Å². The minimum Gasteiger partial charge on any atom is -0.459 e. The summed E-state index contributed by atoms with van der Waals surface area (Å²) in [6.45, 7) is 12.4. The number of epoxide rings is 1. The number of esters is 2. The van der Waals surface area contributed by atoms with Crippen LogP contribution < -0.4 is 0 Å². The third kappa shape index (κ3) is 4.67. The van der Waals surface area contributed by atoms with E-state index < -0.39 is 94.9 Å². The molecule has 50 heavy (non-hydrogen) atoms. The van der Waals surface area contributed by atoms with E-state index in [-0.39, 0.29) is 11.1 Å². The largest absolute Gasteiger partial charge is 0.459 e. The molecule has 268 valence electrons. The number of hydrogen-bond acceptors (Lipinski definition) is 11. The maximum atomic E-state index is 14.1. The zero-order valence-electron chi connectivity index (χ0n) is 29.1. The van der Waals surface area contributed by atoms with E-state index in [1.165, 1.54) is 6.92 Å². The van der Waals surface area contributed by atoms with E-state index in [4.69, 9.17) is 28.4 Å². The highest BCUT2D eigenvalue weighted by molar-refractivity contribution is 6.05. The van der Waals surface area contributed by atoms with E-state index in [1.54, 1.807) is 62.4 Å².